The molecule has 0 radical (unpaired) electrons. The summed E-state index contributed by atoms with van der Waals surface area (Å²) in [7, 11) is 0. The topological polar surface area (TPSA) is 78.5 Å². The molecule has 2 aliphatic rings. The molecule has 1 atom stereocenters. The molecule has 1 saturated carbocycles. The molecule has 1 heterocycles. The summed E-state index contributed by atoms with van der Waals surface area (Å²) in [5.41, 5.74) is 1.35. The van der Waals surface area contributed by atoms with Crippen molar-refractivity contribution < 1.29 is 14.4 Å². The minimum atomic E-state index is -0.284. The number of nitrogens with one attached hydrogen (secondary N) is 2. The van der Waals surface area contributed by atoms with Crippen molar-refractivity contribution in [2.75, 3.05) is 17.2 Å². The van der Waals surface area contributed by atoms with Crippen LogP contribution in [0.25, 0.3) is 0 Å². The van der Waals surface area contributed by atoms with E-state index in [0.717, 1.165) is 12.8 Å². The zero-order valence-electron chi connectivity index (χ0n) is 13.9. The molecular formula is C18H23N3O3. The van der Waals surface area contributed by atoms with Gasteiger partial charge in [-0.1, -0.05) is 12.8 Å². The molecule has 6 heteroatoms. The molecule has 0 spiro atoms. The van der Waals surface area contributed by atoms with Gasteiger partial charge in [-0.15, -0.1) is 0 Å². The van der Waals surface area contributed by atoms with Crippen molar-refractivity contribution in [2.24, 2.45) is 5.92 Å². The van der Waals surface area contributed by atoms with E-state index in [9.17, 15) is 14.4 Å². The number of hydrogen-bond acceptors (Lipinski definition) is 3. The number of carbonyl (C=O) groups is 3. The molecule has 1 saturated heterocycles. The Morgan fingerprint density at radius 1 is 1.04 bits per heavy atom. The van der Waals surface area contributed by atoms with Gasteiger partial charge in [-0.3, -0.25) is 14.4 Å². The van der Waals surface area contributed by atoms with E-state index in [0.29, 0.717) is 30.4 Å². The van der Waals surface area contributed by atoms with E-state index in [-0.39, 0.29) is 23.6 Å². The minimum absolute atomic E-state index is 0.100. The van der Waals surface area contributed by atoms with E-state index in [1.165, 1.54) is 19.8 Å². The summed E-state index contributed by atoms with van der Waals surface area (Å²) < 4.78 is 0. The maximum atomic E-state index is 12.4. The van der Waals surface area contributed by atoms with E-state index >= 15 is 0 Å². The van der Waals surface area contributed by atoms with E-state index in [2.05, 4.69) is 10.6 Å². The number of benzene rings is 1. The van der Waals surface area contributed by atoms with Crippen LogP contribution in [0.15, 0.2) is 24.3 Å². The highest BCUT2D eigenvalue weighted by molar-refractivity contribution is 5.97. The minimum Gasteiger partial charge on any atom is -0.339 e. The third kappa shape index (κ3) is 3.75. The zero-order valence-corrected chi connectivity index (χ0v) is 13.9. The molecule has 1 aromatic carbocycles. The fraction of sp³-hybridized carbons (Fsp3) is 0.500. The lowest BCUT2D eigenvalue weighted by Crippen LogP contribution is -2.35. The Morgan fingerprint density at radius 3 is 2.21 bits per heavy atom. The predicted molar refractivity (Wildman–Crippen MR) is 91.5 cm³/mol. The van der Waals surface area contributed by atoms with Gasteiger partial charge in [-0.05, 0) is 37.1 Å². The highest BCUT2D eigenvalue weighted by Gasteiger charge is 2.38. The second-order valence-electron chi connectivity index (χ2n) is 6.63. The molecule has 3 amide bonds. The molecule has 0 bridgehead atoms. The molecule has 0 aromatic heterocycles. The molecule has 128 valence electrons. The summed E-state index contributed by atoms with van der Waals surface area (Å²) in [5, 5.41) is 5.55. The SMILES string of the molecule is CC(=O)Nc1ccc(NC(=O)[C@@H]2CC(=O)N(C3CCCC3)C2)cc1. The molecule has 1 aromatic rings. The second-order valence-corrected chi connectivity index (χ2v) is 6.63. The monoisotopic (exact) mass is 329 g/mol. The lowest BCUT2D eigenvalue weighted by atomic mass is 10.1. The summed E-state index contributed by atoms with van der Waals surface area (Å²) in [4.78, 5) is 37.5. The van der Waals surface area contributed by atoms with Crippen molar-refractivity contribution in [1.82, 2.24) is 4.90 Å². The number of amides is 3. The van der Waals surface area contributed by atoms with Crippen LogP contribution in [0.2, 0.25) is 0 Å². The molecule has 3 rings (SSSR count). The van der Waals surface area contributed by atoms with Crippen LogP contribution in [-0.4, -0.2) is 35.2 Å². The number of anilines is 2. The second kappa shape index (κ2) is 7.03. The average molecular weight is 329 g/mol. The first kappa shape index (κ1) is 16.5. The van der Waals surface area contributed by atoms with Crippen molar-refractivity contribution in [3.63, 3.8) is 0 Å². The van der Waals surface area contributed by atoms with Crippen LogP contribution in [0.5, 0.6) is 0 Å². The van der Waals surface area contributed by atoms with Crippen LogP contribution in [-0.2, 0) is 14.4 Å². The Labute approximate surface area is 141 Å². The lowest BCUT2D eigenvalue weighted by molar-refractivity contribution is -0.130. The number of hydrogen-bond donors (Lipinski definition) is 2. The van der Waals surface area contributed by atoms with Gasteiger partial charge < -0.3 is 15.5 Å². The van der Waals surface area contributed by atoms with E-state index in [1.54, 1.807) is 24.3 Å². The number of carbonyl (C=O) groups excluding carboxylic acids is 3. The van der Waals surface area contributed by atoms with E-state index < -0.39 is 0 Å². The first-order valence-corrected chi connectivity index (χ1v) is 8.51. The molecular weight excluding hydrogens is 306 g/mol. The van der Waals surface area contributed by atoms with Crippen molar-refractivity contribution >= 4 is 29.1 Å². The number of nitrogens with zero attached hydrogens (tertiary/aromatic N) is 1. The van der Waals surface area contributed by atoms with Crippen molar-refractivity contribution in [2.45, 2.75) is 45.1 Å². The van der Waals surface area contributed by atoms with Gasteiger partial charge in [0.15, 0.2) is 0 Å². The highest BCUT2D eigenvalue weighted by Crippen LogP contribution is 2.30. The maximum absolute atomic E-state index is 12.4. The Balaban J connectivity index is 1.57. The van der Waals surface area contributed by atoms with Crippen LogP contribution < -0.4 is 10.6 Å². The Hall–Kier alpha value is -2.37. The van der Waals surface area contributed by atoms with Crippen molar-refractivity contribution in [3.05, 3.63) is 24.3 Å². The molecule has 6 nitrogen and oxygen atoms in total. The van der Waals surface area contributed by atoms with E-state index in [1.807, 2.05) is 4.90 Å². The first-order chi connectivity index (χ1) is 11.5. The van der Waals surface area contributed by atoms with Gasteiger partial charge in [0.2, 0.25) is 17.7 Å². The van der Waals surface area contributed by atoms with Crippen LogP contribution in [0.1, 0.15) is 39.0 Å². The summed E-state index contributed by atoms with van der Waals surface area (Å²) in [6, 6.07) is 7.29. The van der Waals surface area contributed by atoms with E-state index in [4.69, 9.17) is 0 Å². The summed E-state index contributed by atoms with van der Waals surface area (Å²) in [5.74, 6) is -0.435. The highest BCUT2D eigenvalue weighted by atomic mass is 16.2. The first-order valence-electron chi connectivity index (χ1n) is 8.51. The Morgan fingerprint density at radius 2 is 1.62 bits per heavy atom. The molecule has 0 unspecified atom stereocenters. The predicted octanol–water partition coefficient (Wildman–Crippen LogP) is 2.37. The Bertz CT molecular complexity index is 635. The van der Waals surface area contributed by atoms with Crippen LogP contribution in [0.3, 0.4) is 0 Å². The van der Waals surface area contributed by atoms with Gasteiger partial charge in [-0.25, -0.2) is 0 Å². The fourth-order valence-electron chi connectivity index (χ4n) is 3.56. The molecule has 24 heavy (non-hydrogen) atoms. The maximum Gasteiger partial charge on any atom is 0.229 e. The van der Waals surface area contributed by atoms with Gasteiger partial charge in [0, 0.05) is 37.3 Å². The lowest BCUT2D eigenvalue weighted by Gasteiger charge is -2.23. The average Bonchev–Trinajstić information content (AvgIpc) is 3.17. The molecule has 2 N–H and O–H groups in total. The van der Waals surface area contributed by atoms with Crippen LogP contribution in [0, 0.1) is 5.92 Å². The van der Waals surface area contributed by atoms with Gasteiger partial charge in [0.25, 0.3) is 0 Å². The third-order valence-electron chi connectivity index (χ3n) is 4.77. The van der Waals surface area contributed by atoms with Gasteiger partial charge in [0.05, 0.1) is 5.92 Å². The summed E-state index contributed by atoms with van der Waals surface area (Å²) in [6.07, 6.45) is 4.76. The normalized spacial score (nSPS) is 21.1. The van der Waals surface area contributed by atoms with Crippen molar-refractivity contribution in [3.8, 4) is 0 Å². The summed E-state index contributed by atoms with van der Waals surface area (Å²) in [6.45, 7) is 1.97. The molecule has 2 fully saturated rings. The fourth-order valence-corrected chi connectivity index (χ4v) is 3.56. The Kier molecular flexibility index (Phi) is 4.83. The summed E-state index contributed by atoms with van der Waals surface area (Å²) >= 11 is 0. The smallest absolute Gasteiger partial charge is 0.229 e. The van der Waals surface area contributed by atoms with Crippen molar-refractivity contribution in [1.29, 1.82) is 0 Å². The quantitative estimate of drug-likeness (QED) is 0.890. The largest absolute Gasteiger partial charge is 0.339 e. The number of likely N-dealkylation sites (tertiary alicyclic amines) is 1. The molecule has 1 aliphatic carbocycles. The zero-order chi connectivity index (χ0) is 17.1. The van der Waals surface area contributed by atoms with Gasteiger partial charge in [0.1, 0.15) is 0 Å². The number of rotatable bonds is 4. The van der Waals surface area contributed by atoms with Crippen LogP contribution >= 0.6 is 0 Å². The standard InChI is InChI=1S/C18H23N3O3/c1-12(22)19-14-6-8-15(9-7-14)20-18(24)13-10-17(23)21(11-13)16-4-2-3-5-16/h6-9,13,16H,2-5,10-11H2,1H3,(H,19,22)(H,20,24)/t13-/m1/s1. The third-order valence-corrected chi connectivity index (χ3v) is 4.77. The van der Waals surface area contributed by atoms with Gasteiger partial charge in [-0.2, -0.15) is 0 Å². The van der Waals surface area contributed by atoms with Crippen LogP contribution in [0.4, 0.5) is 11.4 Å². The van der Waals surface area contributed by atoms with Gasteiger partial charge >= 0.3 is 0 Å². The molecule has 1 aliphatic heterocycles.